The Kier molecular flexibility index (Phi) is 6.69. The number of aryl methyl sites for hydroxylation is 2. The topological polar surface area (TPSA) is 80.7 Å². The molecule has 6 nitrogen and oxygen atoms in total. The van der Waals surface area contributed by atoms with Crippen LogP contribution >= 0.6 is 23.1 Å². The van der Waals surface area contributed by atoms with Gasteiger partial charge in [-0.05, 0) is 55.3 Å². The molecule has 1 aromatic carbocycles. The Morgan fingerprint density at radius 3 is 2.61 bits per heavy atom. The number of pyridine rings is 1. The van der Waals surface area contributed by atoms with Crippen molar-refractivity contribution in [3.8, 4) is 21.1 Å². The quantitative estimate of drug-likeness (QED) is 0.389. The number of carbonyl (C=O) groups excluding carboxylic acids is 1. The van der Waals surface area contributed by atoms with Crippen LogP contribution in [-0.4, -0.2) is 31.8 Å². The third kappa shape index (κ3) is 5.34. The first-order valence-electron chi connectivity index (χ1n) is 9.86. The molecule has 0 atom stereocenters. The summed E-state index contributed by atoms with van der Waals surface area (Å²) < 4.78 is 0. The first-order valence-corrected chi connectivity index (χ1v) is 11.7. The normalized spacial score (nSPS) is 10.8. The molecule has 0 radical (unpaired) electrons. The largest absolute Gasteiger partial charge is 0.325 e. The van der Waals surface area contributed by atoms with Crippen molar-refractivity contribution in [1.82, 2.24) is 20.2 Å². The van der Waals surface area contributed by atoms with E-state index in [4.69, 9.17) is 0 Å². The van der Waals surface area contributed by atoms with Crippen molar-refractivity contribution in [1.29, 1.82) is 0 Å². The maximum absolute atomic E-state index is 12.2. The number of nitrogens with zero attached hydrogens (tertiary/aromatic N) is 4. The molecule has 0 saturated heterocycles. The molecule has 1 amide bonds. The number of aromatic nitrogens is 4. The molecule has 0 fully saturated rings. The highest BCUT2D eigenvalue weighted by Crippen LogP contribution is 2.34. The zero-order chi connectivity index (χ0) is 21.6. The minimum absolute atomic E-state index is 0.0699. The summed E-state index contributed by atoms with van der Waals surface area (Å²) in [4.78, 5) is 22.0. The molecule has 0 saturated carbocycles. The molecular weight excluding hydrogens is 426 g/mol. The van der Waals surface area contributed by atoms with E-state index in [2.05, 4.69) is 32.4 Å². The van der Waals surface area contributed by atoms with Gasteiger partial charge in [0.1, 0.15) is 15.7 Å². The van der Waals surface area contributed by atoms with Gasteiger partial charge in [-0.2, -0.15) is 0 Å². The monoisotopic (exact) mass is 447 g/mol. The maximum atomic E-state index is 12.2. The minimum atomic E-state index is -0.0699. The van der Waals surface area contributed by atoms with Gasteiger partial charge in [-0.1, -0.05) is 30.8 Å². The van der Waals surface area contributed by atoms with Gasteiger partial charge in [-0.3, -0.25) is 9.78 Å². The van der Waals surface area contributed by atoms with E-state index in [-0.39, 0.29) is 11.7 Å². The van der Waals surface area contributed by atoms with Crippen molar-refractivity contribution in [2.45, 2.75) is 25.3 Å². The summed E-state index contributed by atoms with van der Waals surface area (Å²) in [6, 6.07) is 15.6. The molecule has 156 valence electrons. The SMILES string of the molecule is CCc1ccc(NC(=O)CSc2ccc(-c3sc(-c4cccnc4)nc3C)nn2)cc1. The standard InChI is InChI=1S/C23H21N5OS2/c1-3-16-6-8-18(9-7-16)26-20(29)14-30-21-11-10-19(27-28-21)22-15(2)25-23(31-22)17-5-4-12-24-13-17/h4-13H,3,14H2,1-2H3,(H,26,29). The van der Waals surface area contributed by atoms with Crippen molar-refractivity contribution < 1.29 is 4.79 Å². The summed E-state index contributed by atoms with van der Waals surface area (Å²) in [6.07, 6.45) is 4.52. The van der Waals surface area contributed by atoms with Crippen molar-refractivity contribution in [3.63, 3.8) is 0 Å². The first kappa shape index (κ1) is 21.1. The van der Waals surface area contributed by atoms with Crippen LogP contribution in [0.15, 0.2) is 66.0 Å². The fourth-order valence-electron chi connectivity index (χ4n) is 2.93. The van der Waals surface area contributed by atoms with Crippen LogP contribution in [0, 0.1) is 6.92 Å². The van der Waals surface area contributed by atoms with Crippen LogP contribution in [0.1, 0.15) is 18.2 Å². The number of thiazole rings is 1. The Bertz CT molecular complexity index is 1160. The molecule has 0 spiro atoms. The summed E-state index contributed by atoms with van der Waals surface area (Å²) in [6.45, 7) is 4.07. The van der Waals surface area contributed by atoms with Crippen LogP contribution in [0.5, 0.6) is 0 Å². The van der Waals surface area contributed by atoms with E-state index in [1.165, 1.54) is 17.3 Å². The van der Waals surface area contributed by atoms with E-state index in [1.54, 1.807) is 23.7 Å². The number of hydrogen-bond acceptors (Lipinski definition) is 7. The average molecular weight is 448 g/mol. The van der Waals surface area contributed by atoms with Gasteiger partial charge in [-0.25, -0.2) is 4.98 Å². The molecule has 1 N–H and O–H groups in total. The molecule has 0 unspecified atom stereocenters. The van der Waals surface area contributed by atoms with Crippen LogP contribution in [-0.2, 0) is 11.2 Å². The van der Waals surface area contributed by atoms with Gasteiger partial charge in [0.05, 0.1) is 16.3 Å². The van der Waals surface area contributed by atoms with Crippen molar-refractivity contribution in [3.05, 3.63) is 72.2 Å². The van der Waals surface area contributed by atoms with E-state index in [0.717, 1.165) is 38.9 Å². The van der Waals surface area contributed by atoms with Gasteiger partial charge in [0.15, 0.2) is 0 Å². The van der Waals surface area contributed by atoms with E-state index in [9.17, 15) is 4.79 Å². The lowest BCUT2D eigenvalue weighted by Crippen LogP contribution is -2.14. The molecule has 0 bridgehead atoms. The van der Waals surface area contributed by atoms with Crippen LogP contribution in [0.3, 0.4) is 0 Å². The Morgan fingerprint density at radius 1 is 1.10 bits per heavy atom. The van der Waals surface area contributed by atoms with Crippen LogP contribution < -0.4 is 5.32 Å². The van der Waals surface area contributed by atoms with Gasteiger partial charge >= 0.3 is 0 Å². The minimum Gasteiger partial charge on any atom is -0.325 e. The number of carbonyl (C=O) groups is 1. The third-order valence-corrected chi connectivity index (χ3v) is 6.72. The fraction of sp³-hybridized carbons (Fsp3) is 0.174. The van der Waals surface area contributed by atoms with Crippen molar-refractivity contribution in [2.75, 3.05) is 11.1 Å². The Morgan fingerprint density at radius 2 is 1.94 bits per heavy atom. The third-order valence-electron chi connectivity index (χ3n) is 4.57. The zero-order valence-corrected chi connectivity index (χ0v) is 18.8. The van der Waals surface area contributed by atoms with E-state index >= 15 is 0 Å². The highest BCUT2D eigenvalue weighted by molar-refractivity contribution is 7.99. The molecular formula is C23H21N5OS2. The van der Waals surface area contributed by atoms with Crippen LogP contribution in [0.2, 0.25) is 0 Å². The highest BCUT2D eigenvalue weighted by Gasteiger charge is 2.13. The Hall–Kier alpha value is -3.10. The molecule has 3 aromatic heterocycles. The molecule has 8 heteroatoms. The predicted molar refractivity (Wildman–Crippen MR) is 126 cm³/mol. The smallest absolute Gasteiger partial charge is 0.234 e. The van der Waals surface area contributed by atoms with Gasteiger partial charge < -0.3 is 5.32 Å². The fourth-order valence-corrected chi connectivity index (χ4v) is 4.56. The van der Waals surface area contributed by atoms with Gasteiger partial charge in [-0.15, -0.1) is 21.5 Å². The molecule has 0 aliphatic heterocycles. The number of nitrogens with one attached hydrogen (secondary N) is 1. The predicted octanol–water partition coefficient (Wildman–Crippen LogP) is 5.26. The summed E-state index contributed by atoms with van der Waals surface area (Å²) in [5, 5.41) is 13.1. The molecule has 31 heavy (non-hydrogen) atoms. The van der Waals surface area contributed by atoms with Gasteiger partial charge in [0.25, 0.3) is 0 Å². The first-order chi connectivity index (χ1) is 15.1. The lowest BCUT2D eigenvalue weighted by Gasteiger charge is -2.06. The van der Waals surface area contributed by atoms with Crippen molar-refractivity contribution in [2.24, 2.45) is 0 Å². The molecule has 4 aromatic rings. The molecule has 3 heterocycles. The molecule has 0 aliphatic rings. The Labute approximate surface area is 189 Å². The average Bonchev–Trinajstić information content (AvgIpc) is 3.21. The lowest BCUT2D eigenvalue weighted by molar-refractivity contribution is -0.113. The second-order valence-corrected chi connectivity index (χ2v) is 8.81. The Balaban J connectivity index is 1.37. The lowest BCUT2D eigenvalue weighted by atomic mass is 10.1. The van der Waals surface area contributed by atoms with Crippen LogP contribution in [0.25, 0.3) is 21.1 Å². The van der Waals surface area contributed by atoms with Gasteiger partial charge in [0, 0.05) is 23.6 Å². The summed E-state index contributed by atoms with van der Waals surface area (Å²) in [5.74, 6) is 0.202. The summed E-state index contributed by atoms with van der Waals surface area (Å²) >= 11 is 2.93. The maximum Gasteiger partial charge on any atom is 0.234 e. The number of rotatable bonds is 7. The second-order valence-electron chi connectivity index (χ2n) is 6.82. The number of thioether (sulfide) groups is 1. The number of benzene rings is 1. The second kappa shape index (κ2) is 9.80. The van der Waals surface area contributed by atoms with Crippen molar-refractivity contribution >= 4 is 34.7 Å². The number of amides is 1. The zero-order valence-electron chi connectivity index (χ0n) is 17.2. The van der Waals surface area contributed by atoms with E-state index in [0.29, 0.717) is 5.03 Å². The number of hydrogen-bond donors (Lipinski definition) is 1. The van der Waals surface area contributed by atoms with E-state index in [1.807, 2.05) is 55.5 Å². The highest BCUT2D eigenvalue weighted by atomic mass is 32.2. The van der Waals surface area contributed by atoms with Crippen LogP contribution in [0.4, 0.5) is 5.69 Å². The van der Waals surface area contributed by atoms with Gasteiger partial charge in [0.2, 0.25) is 5.91 Å². The molecule has 4 rings (SSSR count). The molecule has 0 aliphatic carbocycles. The summed E-state index contributed by atoms with van der Waals surface area (Å²) in [5.41, 5.74) is 4.71. The summed E-state index contributed by atoms with van der Waals surface area (Å²) in [7, 11) is 0. The number of anilines is 1. The van der Waals surface area contributed by atoms with E-state index < -0.39 is 0 Å².